The molecule has 5 rings (SSSR count). The van der Waals surface area contributed by atoms with E-state index in [1.165, 1.54) is 25.6 Å². The van der Waals surface area contributed by atoms with Crippen molar-refractivity contribution >= 4 is 21.8 Å². The number of pyridine rings is 1. The molecule has 1 aliphatic rings. The Balaban J connectivity index is 1.45. The molecule has 0 aliphatic carbocycles. The summed E-state index contributed by atoms with van der Waals surface area (Å²) in [5, 5.41) is 1.81. The van der Waals surface area contributed by atoms with Crippen LogP contribution in [-0.2, 0) is 0 Å². The fraction of sp³-hybridized carbons (Fsp3) is 0.320. The van der Waals surface area contributed by atoms with Crippen LogP contribution in [0.25, 0.3) is 21.8 Å². The van der Waals surface area contributed by atoms with E-state index in [1.54, 1.807) is 13.3 Å². The summed E-state index contributed by atoms with van der Waals surface area (Å²) in [6, 6.07) is 13.5. The van der Waals surface area contributed by atoms with Crippen molar-refractivity contribution in [1.82, 2.24) is 19.9 Å². The molecule has 7 heteroatoms. The molecule has 2 aromatic carbocycles. The molecule has 1 fully saturated rings. The van der Waals surface area contributed by atoms with Gasteiger partial charge >= 0.3 is 0 Å². The number of hydrogen-bond donors (Lipinski definition) is 0. The number of benzene rings is 2. The minimum atomic E-state index is -0.0377. The highest BCUT2D eigenvalue weighted by molar-refractivity contribution is 5.87. The van der Waals surface area contributed by atoms with Crippen LogP contribution in [0.2, 0.25) is 0 Å². The standard InChI is InChI=1S/C25H26N4O3/c1-17(29-11-4-3-5-12-29)31-24-15-22-20(14-23(24)30-2)25(28-16-27-22)32-19-9-8-18-7-6-10-26-21(18)13-19/h6-10,13-17H,3-5,11-12H2,1-2H3. The zero-order chi connectivity index (χ0) is 21.9. The highest BCUT2D eigenvalue weighted by Crippen LogP contribution is 2.37. The molecule has 1 aliphatic heterocycles. The molecule has 7 nitrogen and oxygen atoms in total. The lowest BCUT2D eigenvalue weighted by molar-refractivity contribution is 0.0246. The SMILES string of the molecule is COc1cc2c(Oc3ccc4cccnc4c3)ncnc2cc1OC(C)N1CCCCC1. The molecule has 0 spiro atoms. The molecule has 1 unspecified atom stereocenters. The number of methoxy groups -OCH3 is 1. The van der Waals surface area contributed by atoms with Gasteiger partial charge in [-0.15, -0.1) is 0 Å². The van der Waals surface area contributed by atoms with E-state index in [0.29, 0.717) is 23.1 Å². The van der Waals surface area contributed by atoms with Crippen molar-refractivity contribution in [1.29, 1.82) is 0 Å². The van der Waals surface area contributed by atoms with Crippen molar-refractivity contribution < 1.29 is 14.2 Å². The zero-order valence-electron chi connectivity index (χ0n) is 18.3. The van der Waals surface area contributed by atoms with Gasteiger partial charge in [0, 0.05) is 36.8 Å². The smallest absolute Gasteiger partial charge is 0.230 e. The van der Waals surface area contributed by atoms with Gasteiger partial charge < -0.3 is 14.2 Å². The molecule has 1 saturated heterocycles. The van der Waals surface area contributed by atoms with Gasteiger partial charge in [-0.2, -0.15) is 0 Å². The predicted molar refractivity (Wildman–Crippen MR) is 123 cm³/mol. The van der Waals surface area contributed by atoms with Gasteiger partial charge in [-0.05, 0) is 44.0 Å². The third kappa shape index (κ3) is 4.16. The molecule has 1 atom stereocenters. The molecule has 32 heavy (non-hydrogen) atoms. The van der Waals surface area contributed by atoms with E-state index in [9.17, 15) is 0 Å². The largest absolute Gasteiger partial charge is 0.493 e. The number of aromatic nitrogens is 3. The van der Waals surface area contributed by atoms with Crippen molar-refractivity contribution in [2.45, 2.75) is 32.4 Å². The van der Waals surface area contributed by atoms with Gasteiger partial charge in [0.05, 0.1) is 23.5 Å². The molecule has 0 bridgehead atoms. The van der Waals surface area contributed by atoms with E-state index in [4.69, 9.17) is 14.2 Å². The topological polar surface area (TPSA) is 69.6 Å². The summed E-state index contributed by atoms with van der Waals surface area (Å²) < 4.78 is 18.0. The van der Waals surface area contributed by atoms with Crippen LogP contribution in [0.1, 0.15) is 26.2 Å². The third-order valence-corrected chi connectivity index (χ3v) is 5.88. The first kappa shape index (κ1) is 20.5. The monoisotopic (exact) mass is 430 g/mol. The van der Waals surface area contributed by atoms with Crippen LogP contribution in [0.5, 0.6) is 23.1 Å². The van der Waals surface area contributed by atoms with Gasteiger partial charge in [0.1, 0.15) is 18.3 Å². The quantitative estimate of drug-likeness (QED) is 0.417. The van der Waals surface area contributed by atoms with Crippen LogP contribution in [0, 0.1) is 0 Å². The fourth-order valence-corrected chi connectivity index (χ4v) is 4.13. The summed E-state index contributed by atoms with van der Waals surface area (Å²) in [5.41, 5.74) is 1.60. The highest BCUT2D eigenvalue weighted by atomic mass is 16.5. The average Bonchev–Trinajstić information content (AvgIpc) is 2.84. The number of piperidine rings is 1. The van der Waals surface area contributed by atoms with E-state index < -0.39 is 0 Å². The maximum Gasteiger partial charge on any atom is 0.230 e. The summed E-state index contributed by atoms with van der Waals surface area (Å²) in [6.45, 7) is 4.19. The van der Waals surface area contributed by atoms with Crippen molar-refractivity contribution in [3.8, 4) is 23.1 Å². The van der Waals surface area contributed by atoms with Gasteiger partial charge in [-0.1, -0.05) is 12.5 Å². The van der Waals surface area contributed by atoms with Crippen LogP contribution in [-0.4, -0.2) is 46.3 Å². The van der Waals surface area contributed by atoms with Gasteiger partial charge in [-0.3, -0.25) is 9.88 Å². The van der Waals surface area contributed by atoms with Gasteiger partial charge in [0.25, 0.3) is 0 Å². The Hall–Kier alpha value is -3.45. The first-order valence-electron chi connectivity index (χ1n) is 11.0. The maximum absolute atomic E-state index is 6.28. The average molecular weight is 431 g/mol. The fourth-order valence-electron chi connectivity index (χ4n) is 4.13. The first-order valence-corrected chi connectivity index (χ1v) is 11.0. The Labute approximate surface area is 187 Å². The molecule has 0 saturated carbocycles. The summed E-state index contributed by atoms with van der Waals surface area (Å²) in [6.07, 6.45) is 6.94. The zero-order valence-corrected chi connectivity index (χ0v) is 18.3. The molecule has 3 heterocycles. The lowest BCUT2D eigenvalue weighted by Crippen LogP contribution is -2.40. The Kier molecular flexibility index (Phi) is 5.73. The first-order chi connectivity index (χ1) is 15.7. The molecule has 164 valence electrons. The van der Waals surface area contributed by atoms with E-state index in [-0.39, 0.29) is 6.23 Å². The molecule has 4 aromatic rings. The lowest BCUT2D eigenvalue weighted by Gasteiger charge is -2.32. The summed E-state index contributed by atoms with van der Waals surface area (Å²) >= 11 is 0. The molecule has 0 N–H and O–H groups in total. The molecular weight excluding hydrogens is 404 g/mol. The van der Waals surface area contributed by atoms with Crippen molar-refractivity contribution in [2.75, 3.05) is 20.2 Å². The van der Waals surface area contributed by atoms with Crippen LogP contribution in [0.4, 0.5) is 0 Å². The van der Waals surface area contributed by atoms with Gasteiger partial charge in [-0.25, -0.2) is 9.97 Å². The molecular formula is C25H26N4O3. The number of likely N-dealkylation sites (tertiary alicyclic amines) is 1. The van der Waals surface area contributed by atoms with Crippen LogP contribution >= 0.6 is 0 Å². The molecule has 2 aromatic heterocycles. The minimum absolute atomic E-state index is 0.0377. The molecule has 0 radical (unpaired) electrons. The normalized spacial score (nSPS) is 15.6. The van der Waals surface area contributed by atoms with Crippen LogP contribution in [0.15, 0.2) is 55.0 Å². The third-order valence-electron chi connectivity index (χ3n) is 5.88. The van der Waals surface area contributed by atoms with Crippen molar-refractivity contribution in [2.24, 2.45) is 0 Å². The Morgan fingerprint density at radius 1 is 0.906 bits per heavy atom. The maximum atomic E-state index is 6.28. The van der Waals surface area contributed by atoms with E-state index >= 15 is 0 Å². The Morgan fingerprint density at radius 3 is 2.62 bits per heavy atom. The van der Waals surface area contributed by atoms with Crippen molar-refractivity contribution in [3.63, 3.8) is 0 Å². The van der Waals surface area contributed by atoms with Crippen LogP contribution < -0.4 is 14.2 Å². The second kappa shape index (κ2) is 8.96. The summed E-state index contributed by atoms with van der Waals surface area (Å²) in [5.74, 6) is 2.41. The van der Waals surface area contributed by atoms with Gasteiger partial charge in [0.15, 0.2) is 11.5 Å². The Bertz CT molecular complexity index is 1240. The number of ether oxygens (including phenoxy) is 3. The number of hydrogen-bond acceptors (Lipinski definition) is 7. The van der Waals surface area contributed by atoms with Crippen molar-refractivity contribution in [3.05, 3.63) is 55.0 Å². The summed E-state index contributed by atoms with van der Waals surface area (Å²) in [4.78, 5) is 15.6. The number of rotatable bonds is 6. The number of nitrogens with zero attached hydrogens (tertiary/aromatic N) is 4. The van der Waals surface area contributed by atoms with E-state index in [0.717, 1.165) is 34.9 Å². The highest BCUT2D eigenvalue weighted by Gasteiger charge is 2.20. The van der Waals surface area contributed by atoms with Crippen LogP contribution in [0.3, 0.4) is 0 Å². The second-order valence-electron chi connectivity index (χ2n) is 7.97. The molecule has 0 amide bonds. The lowest BCUT2D eigenvalue weighted by atomic mass is 10.1. The second-order valence-corrected chi connectivity index (χ2v) is 7.97. The summed E-state index contributed by atoms with van der Waals surface area (Å²) in [7, 11) is 1.64. The number of fused-ring (bicyclic) bond motifs is 2. The van der Waals surface area contributed by atoms with E-state index in [1.807, 2.05) is 42.5 Å². The minimum Gasteiger partial charge on any atom is -0.493 e. The Morgan fingerprint density at radius 2 is 1.78 bits per heavy atom. The predicted octanol–water partition coefficient (Wildman–Crippen LogP) is 5.19. The van der Waals surface area contributed by atoms with Gasteiger partial charge in [0.2, 0.25) is 5.88 Å². The van der Waals surface area contributed by atoms with E-state index in [2.05, 4.69) is 26.8 Å².